The Bertz CT molecular complexity index is 774. The molecule has 0 aliphatic carbocycles. The number of esters is 1. The maximum Gasteiger partial charge on any atom is 0.338 e. The summed E-state index contributed by atoms with van der Waals surface area (Å²) in [4.78, 5) is 31.6. The van der Waals surface area contributed by atoms with Crippen LogP contribution in [0.3, 0.4) is 0 Å². The molecule has 0 radical (unpaired) electrons. The lowest BCUT2D eigenvalue weighted by molar-refractivity contribution is -0.139. The first kappa shape index (κ1) is 20.6. The molecular formula is C20H27ClN4O3. The predicted octanol–water partition coefficient (Wildman–Crippen LogP) is 2.10. The molecule has 0 bridgehead atoms. The Morgan fingerprint density at radius 1 is 1.25 bits per heavy atom. The second-order valence-corrected chi connectivity index (χ2v) is 7.59. The summed E-state index contributed by atoms with van der Waals surface area (Å²) in [6, 6.07) is 6.36. The van der Waals surface area contributed by atoms with Gasteiger partial charge in [0.25, 0.3) is 0 Å². The van der Waals surface area contributed by atoms with E-state index in [-0.39, 0.29) is 12.6 Å². The van der Waals surface area contributed by atoms with E-state index in [2.05, 4.69) is 22.2 Å². The molecule has 0 saturated carbocycles. The Morgan fingerprint density at radius 2 is 1.96 bits per heavy atom. The lowest BCUT2D eigenvalue weighted by atomic mass is 9.94. The van der Waals surface area contributed by atoms with Crippen molar-refractivity contribution < 1.29 is 14.3 Å². The molecule has 28 heavy (non-hydrogen) atoms. The number of nitrogens with zero attached hydrogens (tertiary/aromatic N) is 3. The SMILES string of the molecule is CCOC(=O)C1=C(CN2CCN(C)CC2)N(C)C(=O)N[C@H]1c1cccc(Cl)c1. The van der Waals surface area contributed by atoms with Crippen molar-refractivity contribution in [1.82, 2.24) is 20.0 Å². The fourth-order valence-electron chi connectivity index (χ4n) is 3.55. The number of amides is 2. The number of halogens is 1. The zero-order valence-electron chi connectivity index (χ0n) is 16.6. The van der Waals surface area contributed by atoms with Crippen LogP contribution in [-0.4, -0.2) is 80.1 Å². The van der Waals surface area contributed by atoms with Gasteiger partial charge in [-0.2, -0.15) is 0 Å². The minimum Gasteiger partial charge on any atom is -0.463 e. The number of urea groups is 1. The maximum absolute atomic E-state index is 12.9. The van der Waals surface area contributed by atoms with E-state index < -0.39 is 12.0 Å². The van der Waals surface area contributed by atoms with E-state index >= 15 is 0 Å². The quantitative estimate of drug-likeness (QED) is 0.758. The molecule has 1 aromatic rings. The average Bonchev–Trinajstić information content (AvgIpc) is 2.67. The molecule has 2 heterocycles. The summed E-state index contributed by atoms with van der Waals surface area (Å²) in [5.74, 6) is -0.413. The van der Waals surface area contributed by atoms with Crippen LogP contribution in [0, 0.1) is 0 Å². The van der Waals surface area contributed by atoms with Gasteiger partial charge in [-0.25, -0.2) is 9.59 Å². The third-order valence-corrected chi connectivity index (χ3v) is 5.46. The molecule has 2 aliphatic rings. The highest BCUT2D eigenvalue weighted by atomic mass is 35.5. The van der Waals surface area contributed by atoms with Crippen LogP contribution in [0.15, 0.2) is 35.5 Å². The van der Waals surface area contributed by atoms with Gasteiger partial charge in [-0.3, -0.25) is 9.80 Å². The summed E-state index contributed by atoms with van der Waals surface area (Å²) in [6.07, 6.45) is 0. The average molecular weight is 407 g/mol. The highest BCUT2D eigenvalue weighted by Crippen LogP contribution is 2.32. The van der Waals surface area contributed by atoms with E-state index in [1.165, 1.54) is 4.90 Å². The summed E-state index contributed by atoms with van der Waals surface area (Å²) in [7, 11) is 3.78. The maximum atomic E-state index is 12.9. The number of hydrogen-bond acceptors (Lipinski definition) is 5. The first-order valence-electron chi connectivity index (χ1n) is 9.51. The van der Waals surface area contributed by atoms with Gasteiger partial charge in [-0.05, 0) is 31.7 Å². The Labute approximate surface area is 170 Å². The molecule has 1 saturated heterocycles. The minimum absolute atomic E-state index is 0.248. The van der Waals surface area contributed by atoms with Crippen LogP contribution in [0.1, 0.15) is 18.5 Å². The molecule has 2 amide bonds. The number of piperazine rings is 1. The van der Waals surface area contributed by atoms with E-state index in [1.807, 2.05) is 12.1 Å². The largest absolute Gasteiger partial charge is 0.463 e. The highest BCUT2D eigenvalue weighted by Gasteiger charge is 2.37. The molecular weight excluding hydrogens is 380 g/mol. The van der Waals surface area contributed by atoms with Crippen LogP contribution >= 0.6 is 11.6 Å². The van der Waals surface area contributed by atoms with E-state index in [1.54, 1.807) is 26.1 Å². The van der Waals surface area contributed by atoms with Crippen molar-refractivity contribution in [1.29, 1.82) is 0 Å². The molecule has 3 rings (SSSR count). The van der Waals surface area contributed by atoms with Crippen molar-refractivity contribution in [2.45, 2.75) is 13.0 Å². The molecule has 1 N–H and O–H groups in total. The topological polar surface area (TPSA) is 65.1 Å². The van der Waals surface area contributed by atoms with Gasteiger partial charge in [-0.1, -0.05) is 23.7 Å². The van der Waals surface area contributed by atoms with E-state index in [0.717, 1.165) is 31.7 Å². The van der Waals surface area contributed by atoms with Gasteiger partial charge in [0.15, 0.2) is 0 Å². The van der Waals surface area contributed by atoms with Crippen LogP contribution in [0.2, 0.25) is 5.02 Å². The third kappa shape index (κ3) is 4.48. The number of carbonyl (C=O) groups excluding carboxylic acids is 2. The van der Waals surface area contributed by atoms with Gasteiger partial charge < -0.3 is 15.0 Å². The molecule has 2 aliphatic heterocycles. The first-order chi connectivity index (χ1) is 13.4. The summed E-state index contributed by atoms with van der Waals surface area (Å²) < 4.78 is 5.35. The van der Waals surface area contributed by atoms with Crippen molar-refractivity contribution >= 4 is 23.6 Å². The van der Waals surface area contributed by atoms with E-state index in [0.29, 0.717) is 22.8 Å². The van der Waals surface area contributed by atoms with Gasteiger partial charge in [-0.15, -0.1) is 0 Å². The number of nitrogens with one attached hydrogen (secondary N) is 1. The Morgan fingerprint density at radius 3 is 2.61 bits per heavy atom. The molecule has 1 fully saturated rings. The number of likely N-dealkylation sites (N-methyl/N-ethyl adjacent to an activating group) is 2. The highest BCUT2D eigenvalue weighted by molar-refractivity contribution is 6.30. The summed E-state index contributed by atoms with van der Waals surface area (Å²) in [6.45, 7) is 6.23. The standard InChI is InChI=1S/C20H27ClN4O3/c1-4-28-19(26)17-16(13-25-10-8-23(2)9-11-25)24(3)20(27)22-18(17)14-6-5-7-15(21)12-14/h5-7,12,18H,4,8-11,13H2,1-3H3,(H,22,27)/t18-/m0/s1. The van der Waals surface area contributed by atoms with Crippen molar-refractivity contribution in [2.24, 2.45) is 0 Å². The van der Waals surface area contributed by atoms with Crippen LogP contribution in [0.4, 0.5) is 4.79 Å². The first-order valence-corrected chi connectivity index (χ1v) is 9.89. The Hall–Kier alpha value is -2.09. The number of rotatable bonds is 5. The second kappa shape index (κ2) is 8.94. The van der Waals surface area contributed by atoms with Gasteiger partial charge in [0.2, 0.25) is 0 Å². The van der Waals surface area contributed by atoms with Gasteiger partial charge in [0.1, 0.15) is 0 Å². The Balaban J connectivity index is 2.02. The van der Waals surface area contributed by atoms with Gasteiger partial charge in [0, 0.05) is 50.5 Å². The summed E-state index contributed by atoms with van der Waals surface area (Å²) in [5, 5.41) is 3.47. The molecule has 1 atom stereocenters. The van der Waals surface area contributed by atoms with Crippen molar-refractivity contribution in [3.63, 3.8) is 0 Å². The molecule has 152 valence electrons. The molecule has 1 aromatic carbocycles. The van der Waals surface area contributed by atoms with Crippen molar-refractivity contribution in [3.05, 3.63) is 46.1 Å². The number of benzene rings is 1. The van der Waals surface area contributed by atoms with E-state index in [9.17, 15) is 9.59 Å². The lowest BCUT2D eigenvalue weighted by Crippen LogP contribution is -2.51. The fraction of sp³-hybridized carbons (Fsp3) is 0.500. The fourth-order valence-corrected chi connectivity index (χ4v) is 3.75. The monoisotopic (exact) mass is 406 g/mol. The van der Waals surface area contributed by atoms with Crippen molar-refractivity contribution in [2.75, 3.05) is 53.4 Å². The lowest BCUT2D eigenvalue weighted by Gasteiger charge is -2.38. The molecule has 0 spiro atoms. The van der Waals surface area contributed by atoms with Crippen LogP contribution in [-0.2, 0) is 9.53 Å². The number of carbonyl (C=O) groups is 2. The second-order valence-electron chi connectivity index (χ2n) is 7.16. The summed E-state index contributed by atoms with van der Waals surface area (Å²) >= 11 is 6.16. The molecule has 7 nitrogen and oxygen atoms in total. The summed E-state index contributed by atoms with van der Waals surface area (Å²) in [5.41, 5.74) is 1.90. The Kier molecular flexibility index (Phi) is 6.59. The van der Waals surface area contributed by atoms with Gasteiger partial charge >= 0.3 is 12.0 Å². The van der Waals surface area contributed by atoms with Crippen molar-refractivity contribution in [3.8, 4) is 0 Å². The van der Waals surface area contributed by atoms with E-state index in [4.69, 9.17) is 16.3 Å². The molecule has 0 unspecified atom stereocenters. The van der Waals surface area contributed by atoms with Crippen LogP contribution in [0.5, 0.6) is 0 Å². The van der Waals surface area contributed by atoms with Gasteiger partial charge in [0.05, 0.1) is 18.2 Å². The third-order valence-electron chi connectivity index (χ3n) is 5.22. The van der Waals surface area contributed by atoms with Crippen LogP contribution < -0.4 is 5.32 Å². The number of hydrogen-bond donors (Lipinski definition) is 1. The normalized spacial score (nSPS) is 21.6. The zero-order valence-corrected chi connectivity index (χ0v) is 17.3. The molecule has 8 heteroatoms. The minimum atomic E-state index is -0.594. The predicted molar refractivity (Wildman–Crippen MR) is 108 cm³/mol. The number of ether oxygens (including phenoxy) is 1. The van der Waals surface area contributed by atoms with Crippen LogP contribution in [0.25, 0.3) is 0 Å². The smallest absolute Gasteiger partial charge is 0.338 e. The zero-order chi connectivity index (χ0) is 20.3. The molecule has 0 aromatic heterocycles.